The van der Waals surface area contributed by atoms with E-state index in [-0.39, 0.29) is 16.7 Å². The van der Waals surface area contributed by atoms with Gasteiger partial charge in [0.15, 0.2) is 0 Å². The molecule has 0 radical (unpaired) electrons. The van der Waals surface area contributed by atoms with Gasteiger partial charge in [-0.2, -0.15) is 0 Å². The van der Waals surface area contributed by atoms with Gasteiger partial charge in [0, 0.05) is 11.5 Å². The van der Waals surface area contributed by atoms with Crippen LogP contribution in [0.4, 0.5) is 10.1 Å². The molecule has 2 rings (SSSR count). The van der Waals surface area contributed by atoms with Crippen LogP contribution in [0.5, 0.6) is 0 Å². The second-order valence-electron chi connectivity index (χ2n) is 6.71. The van der Waals surface area contributed by atoms with Gasteiger partial charge in [0.1, 0.15) is 23.0 Å². The molecule has 0 fully saturated rings. The molecule has 1 aromatic carbocycles. The second-order valence-corrected chi connectivity index (χ2v) is 8.44. The van der Waals surface area contributed by atoms with Crippen molar-refractivity contribution >= 4 is 21.7 Å². The summed E-state index contributed by atoms with van der Waals surface area (Å²) in [6, 6.07) is 3.78. The number of aromatic nitrogens is 1. The zero-order chi connectivity index (χ0) is 19.0. The van der Waals surface area contributed by atoms with Gasteiger partial charge in [-0.15, -0.1) is 0 Å². The van der Waals surface area contributed by atoms with Gasteiger partial charge >= 0.3 is 5.97 Å². The zero-order valence-electron chi connectivity index (χ0n) is 14.3. The lowest BCUT2D eigenvalue weighted by Gasteiger charge is -2.13. The minimum atomic E-state index is -4.09. The maximum atomic E-state index is 14.0. The lowest BCUT2D eigenvalue weighted by atomic mass is 9.93. The Balaban J connectivity index is 2.33. The number of sulfonamides is 1. The van der Waals surface area contributed by atoms with Crippen molar-refractivity contribution < 1.29 is 27.2 Å². The Morgan fingerprint density at radius 2 is 2.00 bits per heavy atom. The number of hydrogen-bond acceptors (Lipinski definition) is 5. The van der Waals surface area contributed by atoms with Crippen LogP contribution in [0.1, 0.15) is 48.1 Å². The average Bonchev–Trinajstić information content (AvgIpc) is 2.90. The molecule has 0 atom stereocenters. The van der Waals surface area contributed by atoms with Gasteiger partial charge in [0.2, 0.25) is 10.0 Å². The predicted octanol–water partition coefficient (Wildman–Crippen LogP) is 3.06. The lowest BCUT2D eigenvalue weighted by molar-refractivity contribution is 0.0697. The Hall–Kier alpha value is -2.42. The van der Waals surface area contributed by atoms with Gasteiger partial charge in [-0.1, -0.05) is 32.0 Å². The van der Waals surface area contributed by atoms with E-state index in [0.29, 0.717) is 5.76 Å². The topological polar surface area (TPSA) is 110 Å². The van der Waals surface area contributed by atoms with Crippen LogP contribution in [0.2, 0.25) is 0 Å². The van der Waals surface area contributed by atoms with Crippen LogP contribution in [0.25, 0.3) is 0 Å². The normalized spacial score (nSPS) is 12.2. The SMILES string of the molecule is Cc1ccc(F)c(NS(=O)(=O)Cc2cc(C(C)(C)C)on2)c1C(=O)O. The van der Waals surface area contributed by atoms with Crippen molar-refractivity contribution in [2.75, 3.05) is 4.72 Å². The molecule has 1 aromatic heterocycles. The summed E-state index contributed by atoms with van der Waals surface area (Å²) in [6.07, 6.45) is 0. The van der Waals surface area contributed by atoms with Crippen LogP contribution in [0.3, 0.4) is 0 Å². The highest BCUT2D eigenvalue weighted by Gasteiger charge is 2.25. The van der Waals surface area contributed by atoms with E-state index in [1.165, 1.54) is 19.1 Å². The number of rotatable bonds is 5. The van der Waals surface area contributed by atoms with E-state index < -0.39 is 38.8 Å². The van der Waals surface area contributed by atoms with Crippen LogP contribution >= 0.6 is 0 Å². The van der Waals surface area contributed by atoms with Gasteiger partial charge in [0.05, 0.1) is 11.3 Å². The molecule has 0 aliphatic carbocycles. The molecule has 0 bridgehead atoms. The van der Waals surface area contributed by atoms with Crippen molar-refractivity contribution in [1.82, 2.24) is 5.16 Å². The number of nitrogens with zero attached hydrogens (tertiary/aromatic N) is 1. The maximum absolute atomic E-state index is 14.0. The minimum Gasteiger partial charge on any atom is -0.478 e. The molecule has 9 heteroatoms. The summed E-state index contributed by atoms with van der Waals surface area (Å²) < 4.78 is 45.8. The monoisotopic (exact) mass is 370 g/mol. The number of aryl methyl sites for hydroxylation is 1. The smallest absolute Gasteiger partial charge is 0.338 e. The first kappa shape index (κ1) is 18.9. The molecular formula is C16H19FN2O5S. The standard InChI is InChI=1S/C16H19FN2O5S/c1-9-5-6-11(17)14(13(9)15(20)21)19-25(22,23)8-10-7-12(24-18-10)16(2,3)4/h5-7,19H,8H2,1-4H3,(H,20,21). The van der Waals surface area contributed by atoms with Crippen molar-refractivity contribution in [3.8, 4) is 0 Å². The van der Waals surface area contributed by atoms with Crippen molar-refractivity contribution in [3.05, 3.63) is 46.6 Å². The number of carbonyl (C=O) groups is 1. The number of hydrogen-bond donors (Lipinski definition) is 2. The lowest BCUT2D eigenvalue weighted by Crippen LogP contribution is -2.19. The molecule has 0 aliphatic rings. The third-order valence-electron chi connectivity index (χ3n) is 3.47. The fourth-order valence-electron chi connectivity index (χ4n) is 2.18. The fraction of sp³-hybridized carbons (Fsp3) is 0.375. The summed E-state index contributed by atoms with van der Waals surface area (Å²) in [5.74, 6) is -2.46. The van der Waals surface area contributed by atoms with Gasteiger partial charge in [-0.3, -0.25) is 4.72 Å². The molecule has 2 N–H and O–H groups in total. The largest absolute Gasteiger partial charge is 0.478 e. The third-order valence-corrected chi connectivity index (χ3v) is 4.66. The first-order valence-corrected chi connectivity index (χ1v) is 9.05. The maximum Gasteiger partial charge on any atom is 0.338 e. The molecule has 0 saturated heterocycles. The number of carboxylic acids is 1. The Kier molecular flexibility index (Phi) is 4.90. The van der Waals surface area contributed by atoms with Crippen LogP contribution in [0.15, 0.2) is 22.7 Å². The summed E-state index contributed by atoms with van der Waals surface area (Å²) in [6.45, 7) is 7.09. The van der Waals surface area contributed by atoms with E-state index in [1.807, 2.05) is 25.5 Å². The van der Waals surface area contributed by atoms with E-state index in [1.54, 1.807) is 0 Å². The van der Waals surface area contributed by atoms with Crippen LogP contribution in [-0.2, 0) is 21.2 Å². The highest BCUT2D eigenvalue weighted by atomic mass is 32.2. The molecule has 0 amide bonds. The summed E-state index contributed by atoms with van der Waals surface area (Å²) in [7, 11) is -4.09. The molecule has 0 saturated carbocycles. The number of carboxylic acid groups (broad SMARTS) is 1. The Morgan fingerprint density at radius 3 is 2.52 bits per heavy atom. The number of halogens is 1. The molecule has 0 aliphatic heterocycles. The van der Waals surface area contributed by atoms with Crippen molar-refractivity contribution in [2.45, 2.75) is 38.9 Å². The number of aromatic carboxylic acids is 1. The van der Waals surface area contributed by atoms with Gasteiger partial charge in [-0.25, -0.2) is 17.6 Å². The van der Waals surface area contributed by atoms with E-state index in [0.717, 1.165) is 6.07 Å². The molecule has 136 valence electrons. The highest BCUT2D eigenvalue weighted by molar-refractivity contribution is 7.91. The highest BCUT2D eigenvalue weighted by Crippen LogP contribution is 2.26. The number of nitrogens with one attached hydrogen (secondary N) is 1. The molecule has 0 spiro atoms. The van der Waals surface area contributed by atoms with Gasteiger partial charge in [0.25, 0.3) is 0 Å². The first-order chi connectivity index (χ1) is 11.4. The predicted molar refractivity (Wildman–Crippen MR) is 89.5 cm³/mol. The summed E-state index contributed by atoms with van der Waals surface area (Å²) in [4.78, 5) is 11.3. The molecule has 0 unspecified atom stereocenters. The molecule has 1 heterocycles. The first-order valence-electron chi connectivity index (χ1n) is 7.39. The van der Waals surface area contributed by atoms with E-state index in [4.69, 9.17) is 4.52 Å². The van der Waals surface area contributed by atoms with E-state index in [9.17, 15) is 22.7 Å². The van der Waals surface area contributed by atoms with Crippen molar-refractivity contribution in [3.63, 3.8) is 0 Å². The fourth-order valence-corrected chi connectivity index (χ4v) is 3.28. The summed E-state index contributed by atoms with van der Waals surface area (Å²) in [5.41, 5.74) is -0.988. The number of anilines is 1. The summed E-state index contributed by atoms with van der Waals surface area (Å²) >= 11 is 0. The number of benzene rings is 1. The molecule has 7 nitrogen and oxygen atoms in total. The molecule has 25 heavy (non-hydrogen) atoms. The van der Waals surface area contributed by atoms with Crippen LogP contribution in [-0.4, -0.2) is 24.7 Å². The molecule has 2 aromatic rings. The zero-order valence-corrected chi connectivity index (χ0v) is 15.1. The Morgan fingerprint density at radius 1 is 1.36 bits per heavy atom. The third kappa shape index (κ3) is 4.36. The van der Waals surface area contributed by atoms with Crippen LogP contribution in [0, 0.1) is 12.7 Å². The van der Waals surface area contributed by atoms with Gasteiger partial charge in [-0.05, 0) is 18.6 Å². The van der Waals surface area contributed by atoms with E-state index >= 15 is 0 Å². The minimum absolute atomic E-state index is 0.141. The van der Waals surface area contributed by atoms with Crippen LogP contribution < -0.4 is 4.72 Å². The Bertz CT molecular complexity index is 913. The molecular weight excluding hydrogens is 351 g/mol. The average molecular weight is 370 g/mol. The van der Waals surface area contributed by atoms with Crippen molar-refractivity contribution in [1.29, 1.82) is 0 Å². The quantitative estimate of drug-likeness (QED) is 0.837. The second kappa shape index (κ2) is 6.47. The van der Waals surface area contributed by atoms with Crippen molar-refractivity contribution in [2.24, 2.45) is 0 Å². The van der Waals surface area contributed by atoms with E-state index in [2.05, 4.69) is 5.16 Å². The Labute approximate surface area is 144 Å². The summed E-state index contributed by atoms with van der Waals surface area (Å²) in [5, 5.41) is 12.9. The van der Waals surface area contributed by atoms with Gasteiger partial charge < -0.3 is 9.63 Å².